The fourth-order valence-corrected chi connectivity index (χ4v) is 3.94. The van der Waals surface area contributed by atoms with Gasteiger partial charge in [-0.1, -0.05) is 63.2 Å². The van der Waals surface area contributed by atoms with Crippen molar-refractivity contribution >= 4 is 27.2 Å². The molecule has 2 heteroatoms. The highest BCUT2D eigenvalue weighted by Crippen LogP contribution is 2.27. The Morgan fingerprint density at radius 3 is 2.42 bits per heavy atom. The molecule has 0 saturated heterocycles. The van der Waals surface area contributed by atoms with Crippen molar-refractivity contribution in [2.24, 2.45) is 0 Å². The Bertz CT molecular complexity index is 834. The zero-order valence-electron chi connectivity index (χ0n) is 14.6. The van der Waals surface area contributed by atoms with E-state index in [1.54, 1.807) is 11.3 Å². The first-order valence-electron chi connectivity index (χ1n) is 8.50. The predicted molar refractivity (Wildman–Crippen MR) is 104 cm³/mol. The third-order valence-electron chi connectivity index (χ3n) is 4.46. The molecule has 0 spiro atoms. The fraction of sp³-hybridized carbons (Fsp3) is 0.318. The van der Waals surface area contributed by atoms with Crippen LogP contribution >= 0.6 is 11.3 Å². The van der Waals surface area contributed by atoms with E-state index in [0.717, 1.165) is 12.0 Å². The van der Waals surface area contributed by atoms with Crippen LogP contribution in [0.15, 0.2) is 53.9 Å². The number of thiophene rings is 1. The third-order valence-corrected chi connectivity index (χ3v) is 5.47. The molecule has 3 aromatic rings. The van der Waals surface area contributed by atoms with Gasteiger partial charge >= 0.3 is 0 Å². The van der Waals surface area contributed by atoms with Crippen LogP contribution in [0.25, 0.3) is 10.1 Å². The molecule has 0 aliphatic heterocycles. The molecule has 0 amide bonds. The summed E-state index contributed by atoms with van der Waals surface area (Å²) in [4.78, 5) is 12.3. The van der Waals surface area contributed by atoms with Crippen LogP contribution in [0.1, 0.15) is 43.9 Å². The number of aryl methyl sites for hydroxylation is 1. The summed E-state index contributed by atoms with van der Waals surface area (Å²) in [7, 11) is 0. The van der Waals surface area contributed by atoms with Crippen LogP contribution in [-0.2, 0) is 23.1 Å². The number of Topliss-reactive ketones (excluding diaryl/α,β-unsaturated/α-hetero) is 1. The van der Waals surface area contributed by atoms with Gasteiger partial charge < -0.3 is 0 Å². The second-order valence-electron chi connectivity index (χ2n) is 7.42. The Morgan fingerprint density at radius 1 is 1.00 bits per heavy atom. The maximum atomic E-state index is 12.3. The largest absolute Gasteiger partial charge is 0.299 e. The third kappa shape index (κ3) is 3.93. The molecule has 0 radical (unpaired) electrons. The maximum absolute atomic E-state index is 12.3. The number of benzene rings is 2. The SMILES string of the molecule is CC(C)(C)c1ccc(CC(=O)CCc2csc3ccccc23)cc1. The number of carbonyl (C=O) groups is 1. The van der Waals surface area contributed by atoms with Crippen LogP contribution < -0.4 is 0 Å². The minimum atomic E-state index is 0.155. The van der Waals surface area contributed by atoms with Gasteiger partial charge in [-0.15, -0.1) is 11.3 Å². The lowest BCUT2D eigenvalue weighted by molar-refractivity contribution is -0.118. The molecule has 3 rings (SSSR count). The first kappa shape index (κ1) is 16.9. The zero-order valence-corrected chi connectivity index (χ0v) is 15.5. The summed E-state index contributed by atoms with van der Waals surface area (Å²) in [5.74, 6) is 0.314. The van der Waals surface area contributed by atoms with E-state index in [1.165, 1.54) is 21.2 Å². The topological polar surface area (TPSA) is 17.1 Å². The molecule has 0 atom stereocenters. The van der Waals surface area contributed by atoms with Crippen molar-refractivity contribution in [3.63, 3.8) is 0 Å². The monoisotopic (exact) mass is 336 g/mol. The molecule has 0 aliphatic carbocycles. The second-order valence-corrected chi connectivity index (χ2v) is 8.33. The van der Waals surface area contributed by atoms with Crippen molar-refractivity contribution in [1.29, 1.82) is 0 Å². The highest BCUT2D eigenvalue weighted by Gasteiger charge is 2.13. The summed E-state index contributed by atoms with van der Waals surface area (Å²) in [6, 6.07) is 16.9. The van der Waals surface area contributed by atoms with Crippen molar-refractivity contribution in [2.75, 3.05) is 0 Å². The lowest BCUT2D eigenvalue weighted by Gasteiger charge is -2.19. The second kappa shape index (κ2) is 6.90. The summed E-state index contributed by atoms with van der Waals surface area (Å²) < 4.78 is 1.30. The van der Waals surface area contributed by atoms with Crippen molar-refractivity contribution in [1.82, 2.24) is 0 Å². The van der Waals surface area contributed by atoms with E-state index in [9.17, 15) is 4.79 Å². The van der Waals surface area contributed by atoms with Crippen molar-refractivity contribution < 1.29 is 4.79 Å². The lowest BCUT2D eigenvalue weighted by Crippen LogP contribution is -2.11. The Labute approximate surface area is 148 Å². The van der Waals surface area contributed by atoms with Crippen LogP contribution in [-0.4, -0.2) is 5.78 Å². The molecule has 0 N–H and O–H groups in total. The van der Waals surface area contributed by atoms with E-state index >= 15 is 0 Å². The van der Waals surface area contributed by atoms with E-state index in [1.807, 2.05) is 0 Å². The molecule has 0 unspecified atom stereocenters. The van der Waals surface area contributed by atoms with Gasteiger partial charge in [0.1, 0.15) is 5.78 Å². The van der Waals surface area contributed by atoms with Gasteiger partial charge in [-0.3, -0.25) is 4.79 Å². The van der Waals surface area contributed by atoms with E-state index < -0.39 is 0 Å². The summed E-state index contributed by atoms with van der Waals surface area (Å²) in [6.07, 6.45) is 1.98. The van der Waals surface area contributed by atoms with E-state index in [0.29, 0.717) is 18.6 Å². The smallest absolute Gasteiger partial charge is 0.137 e. The maximum Gasteiger partial charge on any atom is 0.137 e. The molecule has 1 aromatic heterocycles. The summed E-state index contributed by atoms with van der Waals surface area (Å²) in [6.45, 7) is 6.62. The minimum absolute atomic E-state index is 0.155. The number of hydrogen-bond donors (Lipinski definition) is 0. The molecule has 0 bridgehead atoms. The van der Waals surface area contributed by atoms with Gasteiger partial charge in [-0.25, -0.2) is 0 Å². The van der Waals surface area contributed by atoms with Crippen molar-refractivity contribution in [3.8, 4) is 0 Å². The molecule has 124 valence electrons. The van der Waals surface area contributed by atoms with Gasteiger partial charge in [0.25, 0.3) is 0 Å². The highest BCUT2D eigenvalue weighted by atomic mass is 32.1. The van der Waals surface area contributed by atoms with Crippen LogP contribution in [0.4, 0.5) is 0 Å². The molecular formula is C22H24OS. The Balaban J connectivity index is 1.60. The lowest BCUT2D eigenvalue weighted by atomic mass is 9.86. The number of fused-ring (bicyclic) bond motifs is 1. The molecule has 2 aromatic carbocycles. The van der Waals surface area contributed by atoms with Crippen LogP contribution in [0.3, 0.4) is 0 Å². The van der Waals surface area contributed by atoms with Crippen molar-refractivity contribution in [3.05, 3.63) is 70.6 Å². The first-order chi connectivity index (χ1) is 11.4. The van der Waals surface area contributed by atoms with Crippen LogP contribution in [0, 0.1) is 0 Å². The van der Waals surface area contributed by atoms with Gasteiger partial charge in [0.2, 0.25) is 0 Å². The Morgan fingerprint density at radius 2 is 1.71 bits per heavy atom. The number of carbonyl (C=O) groups excluding carboxylic acids is 1. The van der Waals surface area contributed by atoms with Gasteiger partial charge in [0.05, 0.1) is 0 Å². The Hall–Kier alpha value is -1.93. The average molecular weight is 336 g/mol. The van der Waals surface area contributed by atoms with Crippen LogP contribution in [0.5, 0.6) is 0 Å². The van der Waals surface area contributed by atoms with Gasteiger partial charge in [-0.05, 0) is 45.4 Å². The van der Waals surface area contributed by atoms with E-state index in [2.05, 4.69) is 74.7 Å². The highest BCUT2D eigenvalue weighted by molar-refractivity contribution is 7.17. The number of ketones is 1. The van der Waals surface area contributed by atoms with E-state index in [4.69, 9.17) is 0 Å². The van der Waals surface area contributed by atoms with Gasteiger partial charge in [-0.2, -0.15) is 0 Å². The zero-order chi connectivity index (χ0) is 17.2. The minimum Gasteiger partial charge on any atom is -0.299 e. The summed E-state index contributed by atoms with van der Waals surface area (Å²) in [5.41, 5.74) is 3.88. The summed E-state index contributed by atoms with van der Waals surface area (Å²) >= 11 is 1.76. The number of rotatable bonds is 5. The average Bonchev–Trinajstić information content (AvgIpc) is 2.96. The molecule has 1 heterocycles. The molecule has 1 nitrogen and oxygen atoms in total. The quantitative estimate of drug-likeness (QED) is 0.563. The van der Waals surface area contributed by atoms with Crippen LogP contribution in [0.2, 0.25) is 0 Å². The first-order valence-corrected chi connectivity index (χ1v) is 9.38. The van der Waals surface area contributed by atoms with Crippen molar-refractivity contribution in [2.45, 2.75) is 45.4 Å². The normalized spacial score (nSPS) is 11.8. The van der Waals surface area contributed by atoms with Gasteiger partial charge in [0.15, 0.2) is 0 Å². The number of hydrogen-bond acceptors (Lipinski definition) is 2. The fourth-order valence-electron chi connectivity index (χ4n) is 2.94. The molecule has 24 heavy (non-hydrogen) atoms. The molecular weight excluding hydrogens is 312 g/mol. The standard InChI is InChI=1S/C22H24OS/c1-22(2,3)18-11-8-16(9-12-18)14-19(23)13-10-17-15-24-21-7-5-4-6-20(17)21/h4-9,11-12,15H,10,13-14H2,1-3H3. The molecule has 0 saturated carbocycles. The van der Waals surface area contributed by atoms with Gasteiger partial charge in [0, 0.05) is 17.5 Å². The predicted octanol–water partition coefficient (Wildman–Crippen LogP) is 5.94. The Kier molecular flexibility index (Phi) is 4.86. The molecule has 0 fully saturated rings. The molecule has 0 aliphatic rings. The summed E-state index contributed by atoms with van der Waals surface area (Å²) in [5, 5.41) is 3.49. The van der Waals surface area contributed by atoms with E-state index in [-0.39, 0.29) is 5.41 Å².